The Labute approximate surface area is 107 Å². The van der Waals surface area contributed by atoms with Crippen molar-refractivity contribution in [1.29, 1.82) is 0 Å². The van der Waals surface area contributed by atoms with Crippen LogP contribution in [0, 0.1) is 6.57 Å². The largest absolute Gasteiger partial charge is 0.412 e. The summed E-state index contributed by atoms with van der Waals surface area (Å²) in [5.41, 5.74) is -0.424. The molecule has 2 aliphatic heterocycles. The van der Waals surface area contributed by atoms with Crippen molar-refractivity contribution in [2.75, 3.05) is 0 Å². The van der Waals surface area contributed by atoms with Gasteiger partial charge < -0.3 is 5.48 Å². The Morgan fingerprint density at radius 1 is 1.47 bits per heavy atom. The van der Waals surface area contributed by atoms with E-state index in [1.165, 1.54) is 0 Å². The number of aliphatic imine (C=N–C) groups is 1. The number of fused-ring (bicyclic) bond motifs is 1. The number of carbonyl (C=O) groups excluding carboxylic acids is 3. The lowest BCUT2D eigenvalue weighted by Crippen LogP contribution is -2.66. The van der Waals surface area contributed by atoms with E-state index in [9.17, 15) is 14.4 Å². The predicted octanol–water partition coefficient (Wildman–Crippen LogP) is -0.373. The van der Waals surface area contributed by atoms with Crippen LogP contribution in [-0.2, 0) is 4.79 Å². The molecule has 0 radical (unpaired) electrons. The van der Waals surface area contributed by atoms with E-state index < -0.39 is 28.8 Å². The molecule has 0 aliphatic carbocycles. The number of rotatable bonds is 0. The molecule has 17 heavy (non-hydrogen) atoms. The fraction of sp³-hybridized carbons (Fsp3) is 0.167. The monoisotopic (exact) mass is 323 g/mol. The van der Waals surface area contributed by atoms with Gasteiger partial charge in [0.25, 0.3) is 5.12 Å². The molecule has 0 aromatic carbocycles. The van der Waals surface area contributed by atoms with Gasteiger partial charge in [-0.2, -0.15) is 11.6 Å². The first-order chi connectivity index (χ1) is 7.41. The van der Waals surface area contributed by atoms with Crippen LogP contribution in [0.15, 0.2) is 4.99 Å². The molecule has 2 aliphatic rings. The van der Waals surface area contributed by atoms with Crippen LogP contribution in [0.4, 0.5) is 9.59 Å². The zero-order valence-electron chi connectivity index (χ0n) is 7.77. The topological polar surface area (TPSA) is 118 Å². The van der Waals surface area contributed by atoms with Crippen LogP contribution >= 0.6 is 27.7 Å². The lowest BCUT2D eigenvalue weighted by Gasteiger charge is -2.33. The van der Waals surface area contributed by atoms with E-state index in [0.717, 1.165) is 0 Å². The molecule has 0 bridgehead atoms. The molecule has 1 unspecified atom stereocenters. The van der Waals surface area contributed by atoms with E-state index >= 15 is 0 Å². The van der Waals surface area contributed by atoms with E-state index in [4.69, 9.17) is 18.2 Å². The standard InChI is InChI=1S/C6HBrClN5O3.H2O/c1-9-12-3(14)2-6(8,11-4(15)10-2)13(7)5(12)16;/h(H,11,15);1H2. The number of nitrogens with zero attached hydrogens (tertiary/aromatic N) is 4. The number of halogens is 2. The average molecular weight is 324 g/mol. The number of nitrogens with one attached hydrogen (secondary N) is 1. The first-order valence-corrected chi connectivity index (χ1v) is 4.82. The number of alkyl halides is 1. The Kier molecular flexibility index (Phi) is 3.11. The van der Waals surface area contributed by atoms with E-state index in [1.54, 1.807) is 0 Å². The van der Waals surface area contributed by atoms with Gasteiger partial charge in [-0.3, -0.25) is 10.1 Å². The second kappa shape index (κ2) is 3.95. The van der Waals surface area contributed by atoms with Crippen LogP contribution in [0.25, 0.3) is 4.95 Å². The number of carbonyl (C=O) groups is 3. The number of hydrogen-bond acceptors (Lipinski definition) is 3. The predicted molar refractivity (Wildman–Crippen MR) is 57.8 cm³/mol. The molecule has 0 aromatic rings. The highest BCUT2D eigenvalue weighted by Crippen LogP contribution is 2.33. The molecular formula is C6H3BrClN5O4. The number of imide groups is 1. The van der Waals surface area contributed by atoms with Gasteiger partial charge in [0.05, 0.1) is 21.2 Å². The first kappa shape index (κ1) is 13.4. The summed E-state index contributed by atoms with van der Waals surface area (Å²) in [4.78, 5) is 40.1. The van der Waals surface area contributed by atoms with Crippen molar-refractivity contribution in [1.82, 2.24) is 14.3 Å². The van der Waals surface area contributed by atoms with E-state index in [1.807, 2.05) is 0 Å². The third kappa shape index (κ3) is 1.55. The first-order valence-electron chi connectivity index (χ1n) is 3.74. The molecule has 0 spiro atoms. The van der Waals surface area contributed by atoms with Gasteiger partial charge in [-0.15, -0.1) is 4.95 Å². The van der Waals surface area contributed by atoms with Gasteiger partial charge in [0.1, 0.15) is 0 Å². The summed E-state index contributed by atoms with van der Waals surface area (Å²) >= 11 is 8.65. The molecule has 90 valence electrons. The quantitative estimate of drug-likeness (QED) is 0.283. The highest BCUT2D eigenvalue weighted by Gasteiger charge is 2.60. The van der Waals surface area contributed by atoms with Crippen molar-refractivity contribution in [3.8, 4) is 0 Å². The lowest BCUT2D eigenvalue weighted by atomic mass is 10.2. The lowest BCUT2D eigenvalue weighted by molar-refractivity contribution is -0.121. The zero-order valence-corrected chi connectivity index (χ0v) is 10.1. The fourth-order valence-corrected chi connectivity index (χ4v) is 1.91. The summed E-state index contributed by atoms with van der Waals surface area (Å²) in [6.07, 6.45) is 0. The summed E-state index contributed by atoms with van der Waals surface area (Å²) in [6.45, 7) is 6.67. The Hall–Kier alpha value is -1.70. The number of hydrogen-bond donors (Lipinski definition) is 1. The number of urea groups is 2. The van der Waals surface area contributed by atoms with Crippen LogP contribution in [0.3, 0.4) is 0 Å². The smallest absolute Gasteiger partial charge is 0.409 e. The molecule has 3 N–H and O–H groups in total. The van der Waals surface area contributed by atoms with Gasteiger partial charge in [-0.25, -0.2) is 13.5 Å². The maximum absolute atomic E-state index is 11.6. The van der Waals surface area contributed by atoms with E-state index in [2.05, 4.69) is 31.4 Å². The molecular weight excluding hydrogens is 321 g/mol. The average Bonchev–Trinajstić information content (AvgIpc) is 2.53. The maximum Gasteiger partial charge on any atom is 0.409 e. The highest BCUT2D eigenvalue weighted by molar-refractivity contribution is 9.07. The summed E-state index contributed by atoms with van der Waals surface area (Å²) in [7, 11) is 0. The van der Waals surface area contributed by atoms with Gasteiger partial charge in [0.15, 0.2) is 5.71 Å². The van der Waals surface area contributed by atoms with Gasteiger partial charge >= 0.3 is 18.0 Å². The third-order valence-corrected chi connectivity index (χ3v) is 3.40. The second-order valence-corrected chi connectivity index (χ2v) is 4.05. The molecule has 0 saturated carbocycles. The molecule has 1 fully saturated rings. The normalized spacial score (nSPS) is 26.9. The minimum absolute atomic E-state index is 0. The Morgan fingerprint density at radius 2 is 2.06 bits per heavy atom. The van der Waals surface area contributed by atoms with Crippen molar-refractivity contribution in [3.63, 3.8) is 0 Å². The van der Waals surface area contributed by atoms with Crippen molar-refractivity contribution >= 4 is 51.4 Å². The molecule has 9 nitrogen and oxygen atoms in total. The third-order valence-electron chi connectivity index (χ3n) is 1.91. The molecule has 2 heterocycles. The van der Waals surface area contributed by atoms with Crippen LogP contribution in [0.1, 0.15) is 0 Å². The molecule has 0 aromatic heterocycles. The summed E-state index contributed by atoms with van der Waals surface area (Å²) in [5, 5.41) is 0.466. The van der Waals surface area contributed by atoms with Crippen molar-refractivity contribution < 1.29 is 19.9 Å². The minimum Gasteiger partial charge on any atom is -0.412 e. The van der Waals surface area contributed by atoms with Gasteiger partial charge in [0, 0.05) is 0 Å². The van der Waals surface area contributed by atoms with Crippen LogP contribution in [-0.4, -0.2) is 43.2 Å². The molecule has 1 saturated heterocycles. The summed E-state index contributed by atoms with van der Waals surface area (Å²) < 4.78 is 0.671. The Morgan fingerprint density at radius 3 is 2.59 bits per heavy atom. The van der Waals surface area contributed by atoms with Crippen molar-refractivity contribution in [3.05, 3.63) is 11.5 Å². The molecule has 2 rings (SSSR count). The van der Waals surface area contributed by atoms with Crippen molar-refractivity contribution in [2.45, 2.75) is 5.12 Å². The Bertz CT molecular complexity index is 501. The van der Waals surface area contributed by atoms with E-state index in [-0.39, 0.29) is 10.5 Å². The Balaban J connectivity index is 0.00000144. The minimum atomic E-state index is -1.87. The van der Waals surface area contributed by atoms with Crippen LogP contribution in [0.5, 0.6) is 0 Å². The van der Waals surface area contributed by atoms with Gasteiger partial charge in [0.2, 0.25) is 0 Å². The SMILES string of the molecule is O.[C-]#[N+]N1C(=O)C2=NC(=O)NC2(Cl)N(Br)C1=O. The maximum atomic E-state index is 11.6. The molecule has 1 atom stereocenters. The fourth-order valence-electron chi connectivity index (χ4n) is 1.23. The summed E-state index contributed by atoms with van der Waals surface area (Å²) in [6, 6.07) is -1.86. The van der Waals surface area contributed by atoms with Crippen LogP contribution < -0.4 is 5.32 Å². The van der Waals surface area contributed by atoms with Gasteiger partial charge in [-0.05, 0) is 0 Å². The highest BCUT2D eigenvalue weighted by atomic mass is 79.9. The van der Waals surface area contributed by atoms with Crippen LogP contribution in [0.2, 0.25) is 0 Å². The molecule has 11 heteroatoms. The number of amides is 5. The molecule has 5 amide bonds. The zero-order chi connectivity index (χ0) is 12.1. The van der Waals surface area contributed by atoms with E-state index in [0.29, 0.717) is 3.93 Å². The second-order valence-electron chi connectivity index (χ2n) is 2.79. The van der Waals surface area contributed by atoms with Gasteiger partial charge in [-0.1, -0.05) is 11.6 Å². The summed E-state index contributed by atoms with van der Waals surface area (Å²) in [5.74, 6) is -1.02. The van der Waals surface area contributed by atoms with Crippen molar-refractivity contribution in [2.24, 2.45) is 4.99 Å².